The lowest BCUT2D eigenvalue weighted by molar-refractivity contribution is -0.888. The number of alkyl halides is 1. The van der Waals surface area contributed by atoms with Gasteiger partial charge in [0.15, 0.2) is 0 Å². The van der Waals surface area contributed by atoms with Gasteiger partial charge in [-0.3, -0.25) is 0 Å². The van der Waals surface area contributed by atoms with Gasteiger partial charge in [-0.15, -0.1) is 0 Å². The molecular weight excluding hydrogens is 178 g/mol. The minimum Gasteiger partial charge on any atom is -0.329 e. The van der Waals surface area contributed by atoms with Gasteiger partial charge in [-0.25, -0.2) is 0 Å². The molecule has 0 aliphatic carbocycles. The molecule has 0 unspecified atom stereocenters. The molecule has 0 saturated heterocycles. The Morgan fingerprint density at radius 3 is 2.22 bits per heavy atom. The molecule has 0 aliphatic rings. The zero-order valence-electron chi connectivity index (χ0n) is 6.65. The molecule has 0 rings (SSSR count). The Bertz CT molecular complexity index is 71.3. The summed E-state index contributed by atoms with van der Waals surface area (Å²) < 4.78 is 1.14. The van der Waals surface area contributed by atoms with Gasteiger partial charge in [-0.1, -0.05) is 15.9 Å². The summed E-state index contributed by atoms with van der Waals surface area (Å²) in [6.07, 6.45) is 1.28. The molecule has 0 spiro atoms. The highest BCUT2D eigenvalue weighted by Gasteiger charge is 2.08. The van der Waals surface area contributed by atoms with Crippen LogP contribution >= 0.6 is 15.9 Å². The fourth-order valence-corrected chi connectivity index (χ4v) is 0.897. The summed E-state index contributed by atoms with van der Waals surface area (Å²) in [5, 5.41) is 1.13. The number of hydrogen-bond acceptors (Lipinski definition) is 0. The molecule has 9 heavy (non-hydrogen) atoms. The molecule has 56 valence electrons. The first-order valence-electron chi connectivity index (χ1n) is 3.50. The maximum atomic E-state index is 3.42. The maximum absolute atomic E-state index is 3.42. The van der Waals surface area contributed by atoms with Crippen molar-refractivity contribution in [3.05, 3.63) is 0 Å². The van der Waals surface area contributed by atoms with Crippen molar-refractivity contribution < 1.29 is 4.48 Å². The fraction of sp³-hybridized carbons (Fsp3) is 1.00. The summed E-state index contributed by atoms with van der Waals surface area (Å²) in [5.74, 6) is 0. The summed E-state index contributed by atoms with van der Waals surface area (Å²) >= 11 is 3.42. The van der Waals surface area contributed by atoms with Crippen molar-refractivity contribution in [2.45, 2.75) is 13.3 Å². The Hall–Kier alpha value is 0.440. The summed E-state index contributed by atoms with van der Waals surface area (Å²) in [6.45, 7) is 4.74. The third-order valence-electron chi connectivity index (χ3n) is 1.75. The standard InChI is InChI=1S/C7H17BrN/c1-4-9(2,3)7-5-6-8/h4-7H2,1-3H3/q+1. The molecule has 0 aromatic heterocycles. The van der Waals surface area contributed by atoms with E-state index in [4.69, 9.17) is 0 Å². The van der Waals surface area contributed by atoms with E-state index in [2.05, 4.69) is 36.9 Å². The van der Waals surface area contributed by atoms with Crippen LogP contribution in [0.4, 0.5) is 0 Å². The van der Waals surface area contributed by atoms with Crippen LogP contribution in [0.15, 0.2) is 0 Å². The number of nitrogens with zero attached hydrogens (tertiary/aromatic N) is 1. The maximum Gasteiger partial charge on any atom is 0.0790 e. The number of halogens is 1. The predicted molar refractivity (Wildman–Crippen MR) is 45.9 cm³/mol. The van der Waals surface area contributed by atoms with Gasteiger partial charge in [0.2, 0.25) is 0 Å². The zero-order valence-corrected chi connectivity index (χ0v) is 8.24. The molecule has 0 amide bonds. The van der Waals surface area contributed by atoms with Crippen molar-refractivity contribution in [2.24, 2.45) is 0 Å². The number of quaternary nitrogens is 1. The van der Waals surface area contributed by atoms with Crippen LogP contribution in [0.5, 0.6) is 0 Å². The van der Waals surface area contributed by atoms with Crippen LogP contribution in [0, 0.1) is 0 Å². The van der Waals surface area contributed by atoms with Crippen LogP contribution in [-0.2, 0) is 0 Å². The SMILES string of the molecule is CC[N+](C)(C)CCCBr. The third-order valence-corrected chi connectivity index (χ3v) is 2.31. The largest absolute Gasteiger partial charge is 0.329 e. The summed E-state index contributed by atoms with van der Waals surface area (Å²) in [6, 6.07) is 0. The van der Waals surface area contributed by atoms with E-state index >= 15 is 0 Å². The Morgan fingerprint density at radius 2 is 1.89 bits per heavy atom. The molecule has 0 fully saturated rings. The normalized spacial score (nSPS) is 12.0. The topological polar surface area (TPSA) is 0 Å². The van der Waals surface area contributed by atoms with Gasteiger partial charge in [0.1, 0.15) is 0 Å². The third kappa shape index (κ3) is 4.91. The van der Waals surface area contributed by atoms with Crippen molar-refractivity contribution in [3.8, 4) is 0 Å². The lowest BCUT2D eigenvalue weighted by Gasteiger charge is -2.27. The summed E-state index contributed by atoms with van der Waals surface area (Å²) in [5.41, 5.74) is 0. The second-order valence-electron chi connectivity index (χ2n) is 3.02. The Balaban J connectivity index is 3.33. The van der Waals surface area contributed by atoms with Crippen LogP contribution in [-0.4, -0.2) is 37.0 Å². The van der Waals surface area contributed by atoms with E-state index in [1.165, 1.54) is 19.5 Å². The molecule has 0 N–H and O–H groups in total. The minimum atomic E-state index is 1.13. The van der Waals surface area contributed by atoms with E-state index in [0.29, 0.717) is 0 Å². The molecule has 0 saturated carbocycles. The predicted octanol–water partition coefficient (Wildman–Crippen LogP) is 1.87. The Labute approximate surface area is 66.8 Å². The molecular formula is C7H17BrN+. The molecule has 0 aromatic rings. The highest BCUT2D eigenvalue weighted by molar-refractivity contribution is 9.09. The minimum absolute atomic E-state index is 1.13. The molecule has 0 atom stereocenters. The molecule has 0 aromatic carbocycles. The molecule has 1 nitrogen and oxygen atoms in total. The second kappa shape index (κ2) is 4.29. The molecule has 0 aliphatic heterocycles. The summed E-state index contributed by atoms with van der Waals surface area (Å²) in [7, 11) is 4.53. The highest BCUT2D eigenvalue weighted by atomic mass is 79.9. The van der Waals surface area contributed by atoms with Crippen molar-refractivity contribution in [1.82, 2.24) is 0 Å². The van der Waals surface area contributed by atoms with Gasteiger partial charge >= 0.3 is 0 Å². The van der Waals surface area contributed by atoms with Crippen molar-refractivity contribution in [2.75, 3.05) is 32.5 Å². The Kier molecular flexibility index (Phi) is 4.50. The van der Waals surface area contributed by atoms with Crippen LogP contribution in [0.3, 0.4) is 0 Å². The Morgan fingerprint density at radius 1 is 1.33 bits per heavy atom. The molecule has 0 bridgehead atoms. The van der Waals surface area contributed by atoms with Gasteiger partial charge < -0.3 is 4.48 Å². The van der Waals surface area contributed by atoms with Gasteiger partial charge in [0.05, 0.1) is 27.2 Å². The van der Waals surface area contributed by atoms with Crippen molar-refractivity contribution in [1.29, 1.82) is 0 Å². The van der Waals surface area contributed by atoms with Gasteiger partial charge in [0.25, 0.3) is 0 Å². The smallest absolute Gasteiger partial charge is 0.0790 e. The number of hydrogen-bond donors (Lipinski definition) is 0. The molecule has 0 heterocycles. The van der Waals surface area contributed by atoms with E-state index in [-0.39, 0.29) is 0 Å². The first-order chi connectivity index (χ1) is 4.12. The van der Waals surface area contributed by atoms with Crippen LogP contribution in [0.2, 0.25) is 0 Å². The first-order valence-corrected chi connectivity index (χ1v) is 4.62. The van der Waals surface area contributed by atoms with Gasteiger partial charge in [0, 0.05) is 11.8 Å². The second-order valence-corrected chi connectivity index (χ2v) is 3.81. The van der Waals surface area contributed by atoms with E-state index < -0.39 is 0 Å². The number of rotatable bonds is 4. The van der Waals surface area contributed by atoms with E-state index in [9.17, 15) is 0 Å². The van der Waals surface area contributed by atoms with Crippen molar-refractivity contribution >= 4 is 15.9 Å². The van der Waals surface area contributed by atoms with E-state index in [0.717, 1.165) is 9.81 Å². The zero-order chi connectivity index (χ0) is 7.33. The van der Waals surface area contributed by atoms with E-state index in [1.54, 1.807) is 0 Å². The van der Waals surface area contributed by atoms with E-state index in [1.807, 2.05) is 0 Å². The lowest BCUT2D eigenvalue weighted by Crippen LogP contribution is -2.40. The monoisotopic (exact) mass is 194 g/mol. The van der Waals surface area contributed by atoms with Gasteiger partial charge in [-0.2, -0.15) is 0 Å². The molecule has 0 radical (unpaired) electrons. The van der Waals surface area contributed by atoms with Gasteiger partial charge in [-0.05, 0) is 6.92 Å². The van der Waals surface area contributed by atoms with Crippen molar-refractivity contribution in [3.63, 3.8) is 0 Å². The molecule has 2 heteroatoms. The quantitative estimate of drug-likeness (QED) is 0.474. The average molecular weight is 195 g/mol. The lowest BCUT2D eigenvalue weighted by atomic mass is 10.4. The van der Waals surface area contributed by atoms with Crippen LogP contribution in [0.25, 0.3) is 0 Å². The van der Waals surface area contributed by atoms with Crippen LogP contribution in [0.1, 0.15) is 13.3 Å². The van der Waals surface area contributed by atoms with Crippen LogP contribution < -0.4 is 0 Å². The fourth-order valence-electron chi connectivity index (χ4n) is 0.646. The average Bonchev–Trinajstić information content (AvgIpc) is 1.84. The summed E-state index contributed by atoms with van der Waals surface area (Å²) in [4.78, 5) is 0. The highest BCUT2D eigenvalue weighted by Crippen LogP contribution is 1.99. The first kappa shape index (κ1) is 9.44.